The average Bonchev–Trinajstić information content (AvgIpc) is 3.01. The fourth-order valence-electron chi connectivity index (χ4n) is 2.66. The van der Waals surface area contributed by atoms with Gasteiger partial charge in [0.1, 0.15) is 11.2 Å². The molecule has 3 aromatic rings. The van der Waals surface area contributed by atoms with Crippen LogP contribution >= 0.6 is 0 Å². The van der Waals surface area contributed by atoms with Gasteiger partial charge in [-0.1, -0.05) is 12.1 Å². The van der Waals surface area contributed by atoms with Crippen LogP contribution in [0.15, 0.2) is 42.5 Å². The average molecular weight is 339 g/mol. The van der Waals surface area contributed by atoms with Crippen molar-refractivity contribution in [3.8, 4) is 0 Å². The molecule has 0 spiro atoms. The molecule has 0 aliphatic rings. The molecular weight excluding hydrogens is 322 g/mol. The van der Waals surface area contributed by atoms with Gasteiger partial charge in [0, 0.05) is 22.8 Å². The molecule has 0 bridgehead atoms. The molecule has 0 radical (unpaired) electrons. The fourth-order valence-corrected chi connectivity index (χ4v) is 2.66. The number of aromatic amines is 1. The first-order valence-corrected chi connectivity index (χ1v) is 7.80. The second-order valence-corrected chi connectivity index (χ2v) is 5.58. The Bertz CT molecular complexity index is 962. The first kappa shape index (κ1) is 16.5. The molecule has 7 nitrogen and oxygen atoms in total. The summed E-state index contributed by atoms with van der Waals surface area (Å²) in [4.78, 5) is 25.6. The van der Waals surface area contributed by atoms with Gasteiger partial charge < -0.3 is 15.0 Å². The van der Waals surface area contributed by atoms with Crippen molar-refractivity contribution in [2.24, 2.45) is 0 Å². The van der Waals surface area contributed by atoms with Gasteiger partial charge in [-0.25, -0.2) is 4.79 Å². The van der Waals surface area contributed by atoms with Crippen molar-refractivity contribution in [3.05, 3.63) is 63.8 Å². The van der Waals surface area contributed by atoms with Crippen LogP contribution in [-0.2, 0) is 4.74 Å². The summed E-state index contributed by atoms with van der Waals surface area (Å²) in [5, 5.41) is 15.1. The number of aryl methyl sites for hydroxylation is 1. The molecule has 0 aliphatic heterocycles. The third-order valence-electron chi connectivity index (χ3n) is 3.76. The van der Waals surface area contributed by atoms with Crippen molar-refractivity contribution in [2.45, 2.75) is 13.8 Å². The van der Waals surface area contributed by atoms with Crippen molar-refractivity contribution >= 4 is 33.9 Å². The van der Waals surface area contributed by atoms with Crippen LogP contribution in [0.2, 0.25) is 0 Å². The number of hydrogen-bond donors (Lipinski definition) is 2. The molecule has 0 atom stereocenters. The number of aromatic nitrogens is 1. The number of non-ortho nitro benzene ring substituents is 1. The molecule has 1 heterocycles. The Kier molecular flexibility index (Phi) is 4.38. The van der Waals surface area contributed by atoms with Crippen LogP contribution in [0.1, 0.15) is 23.0 Å². The maximum atomic E-state index is 12.0. The Morgan fingerprint density at radius 2 is 2.08 bits per heavy atom. The highest BCUT2D eigenvalue weighted by Crippen LogP contribution is 2.33. The fraction of sp³-hybridized carbons (Fsp3) is 0.167. The van der Waals surface area contributed by atoms with Crippen LogP contribution in [0.4, 0.5) is 17.1 Å². The molecule has 0 aliphatic carbocycles. The van der Waals surface area contributed by atoms with Crippen molar-refractivity contribution < 1.29 is 14.5 Å². The van der Waals surface area contributed by atoms with Gasteiger partial charge >= 0.3 is 5.97 Å². The lowest BCUT2D eigenvalue weighted by molar-refractivity contribution is -0.383. The molecule has 2 N–H and O–H groups in total. The Morgan fingerprint density at radius 3 is 2.76 bits per heavy atom. The number of nitro groups is 1. The van der Waals surface area contributed by atoms with E-state index in [4.69, 9.17) is 4.74 Å². The summed E-state index contributed by atoms with van der Waals surface area (Å²) in [7, 11) is 0. The smallest absolute Gasteiger partial charge is 0.354 e. The summed E-state index contributed by atoms with van der Waals surface area (Å²) in [6, 6.07) is 12.4. The van der Waals surface area contributed by atoms with E-state index in [1.165, 1.54) is 6.07 Å². The van der Waals surface area contributed by atoms with Crippen molar-refractivity contribution in [2.75, 3.05) is 11.9 Å². The number of H-pyrrole nitrogens is 1. The maximum Gasteiger partial charge on any atom is 0.354 e. The van der Waals surface area contributed by atoms with Gasteiger partial charge in [-0.3, -0.25) is 10.1 Å². The summed E-state index contributed by atoms with van der Waals surface area (Å²) < 4.78 is 4.97. The molecule has 3 rings (SSSR count). The lowest BCUT2D eigenvalue weighted by atomic mass is 10.1. The number of nitrogens with zero attached hydrogens (tertiary/aromatic N) is 1. The number of anilines is 2. The number of fused-ring (bicyclic) bond motifs is 1. The lowest BCUT2D eigenvalue weighted by Crippen LogP contribution is -2.04. The van der Waals surface area contributed by atoms with E-state index in [0.29, 0.717) is 11.1 Å². The molecule has 0 unspecified atom stereocenters. The van der Waals surface area contributed by atoms with E-state index in [0.717, 1.165) is 11.3 Å². The number of carbonyl (C=O) groups is 1. The highest BCUT2D eigenvalue weighted by atomic mass is 16.6. The number of ether oxygens (including phenoxy) is 1. The Morgan fingerprint density at radius 1 is 1.28 bits per heavy atom. The third kappa shape index (κ3) is 3.30. The number of nitro benzene ring substituents is 1. The first-order chi connectivity index (χ1) is 12.0. The van der Waals surface area contributed by atoms with E-state index in [1.54, 1.807) is 19.1 Å². The van der Waals surface area contributed by atoms with E-state index < -0.39 is 10.9 Å². The largest absolute Gasteiger partial charge is 0.461 e. The normalized spacial score (nSPS) is 10.6. The summed E-state index contributed by atoms with van der Waals surface area (Å²) in [6.45, 7) is 3.91. The second kappa shape index (κ2) is 6.64. The predicted octanol–water partition coefficient (Wildman–Crippen LogP) is 4.30. The van der Waals surface area contributed by atoms with E-state index in [1.807, 2.05) is 31.2 Å². The highest BCUT2D eigenvalue weighted by molar-refractivity contribution is 6.04. The SMILES string of the molecule is CCOC(=O)c1cc2c(Nc3cccc(C)c3)ccc([N+](=O)[O-])c2[nH]1. The maximum absolute atomic E-state index is 12.0. The molecule has 0 amide bonds. The molecular formula is C18H17N3O4. The topological polar surface area (TPSA) is 97.3 Å². The summed E-state index contributed by atoms with van der Waals surface area (Å²) in [6.07, 6.45) is 0. The molecule has 2 aromatic carbocycles. The van der Waals surface area contributed by atoms with Gasteiger partial charge in [0.25, 0.3) is 5.69 Å². The highest BCUT2D eigenvalue weighted by Gasteiger charge is 2.20. The van der Waals surface area contributed by atoms with Gasteiger partial charge in [-0.2, -0.15) is 0 Å². The van der Waals surface area contributed by atoms with Crippen LogP contribution in [0.5, 0.6) is 0 Å². The van der Waals surface area contributed by atoms with E-state index in [-0.39, 0.29) is 23.5 Å². The van der Waals surface area contributed by atoms with Crippen LogP contribution < -0.4 is 5.32 Å². The number of carbonyl (C=O) groups excluding carboxylic acids is 1. The van der Waals surface area contributed by atoms with Gasteiger partial charge in [-0.15, -0.1) is 0 Å². The number of rotatable bonds is 5. The van der Waals surface area contributed by atoms with Crippen molar-refractivity contribution in [1.29, 1.82) is 0 Å². The van der Waals surface area contributed by atoms with Gasteiger partial charge in [-0.05, 0) is 43.7 Å². The Balaban J connectivity index is 2.11. The molecule has 7 heteroatoms. The molecule has 0 fully saturated rings. The van der Waals surface area contributed by atoms with E-state index in [9.17, 15) is 14.9 Å². The molecule has 1 aromatic heterocycles. The van der Waals surface area contributed by atoms with Gasteiger partial charge in [0.05, 0.1) is 11.5 Å². The van der Waals surface area contributed by atoms with Crippen LogP contribution in [-0.4, -0.2) is 22.5 Å². The Labute approximate surface area is 143 Å². The number of nitrogens with one attached hydrogen (secondary N) is 2. The minimum absolute atomic E-state index is 0.0969. The standard InChI is InChI=1S/C18H17N3O4/c1-3-25-18(22)15-10-13-14(19-12-6-4-5-11(2)9-12)7-8-16(21(23)24)17(13)20-15/h4-10,19-20H,3H2,1-2H3. The Hall–Kier alpha value is -3.35. The van der Waals surface area contributed by atoms with Gasteiger partial charge in [0.15, 0.2) is 0 Å². The third-order valence-corrected chi connectivity index (χ3v) is 3.76. The molecule has 0 saturated heterocycles. The van der Waals surface area contributed by atoms with Crippen LogP contribution in [0.3, 0.4) is 0 Å². The van der Waals surface area contributed by atoms with Crippen molar-refractivity contribution in [3.63, 3.8) is 0 Å². The summed E-state index contributed by atoms with van der Waals surface area (Å²) >= 11 is 0. The van der Waals surface area contributed by atoms with Crippen molar-refractivity contribution in [1.82, 2.24) is 4.98 Å². The molecule has 0 saturated carbocycles. The minimum Gasteiger partial charge on any atom is -0.461 e. The van der Waals surface area contributed by atoms with Gasteiger partial charge in [0.2, 0.25) is 0 Å². The summed E-state index contributed by atoms with van der Waals surface area (Å²) in [5.41, 5.74) is 2.97. The molecule has 25 heavy (non-hydrogen) atoms. The minimum atomic E-state index is -0.547. The zero-order chi connectivity index (χ0) is 18.0. The lowest BCUT2D eigenvalue weighted by Gasteiger charge is -2.08. The molecule has 128 valence electrons. The van der Waals surface area contributed by atoms with Crippen LogP contribution in [0, 0.1) is 17.0 Å². The number of benzene rings is 2. The quantitative estimate of drug-likeness (QED) is 0.410. The zero-order valence-electron chi connectivity index (χ0n) is 13.8. The predicted molar refractivity (Wildman–Crippen MR) is 95.4 cm³/mol. The first-order valence-electron chi connectivity index (χ1n) is 7.80. The number of hydrogen-bond acceptors (Lipinski definition) is 5. The monoisotopic (exact) mass is 339 g/mol. The number of esters is 1. The second-order valence-electron chi connectivity index (χ2n) is 5.58. The van der Waals surface area contributed by atoms with E-state index >= 15 is 0 Å². The summed E-state index contributed by atoms with van der Waals surface area (Å²) in [5.74, 6) is -0.547. The zero-order valence-corrected chi connectivity index (χ0v) is 13.8. The van der Waals surface area contributed by atoms with E-state index in [2.05, 4.69) is 10.3 Å². The van der Waals surface area contributed by atoms with Crippen LogP contribution in [0.25, 0.3) is 10.9 Å².